The summed E-state index contributed by atoms with van der Waals surface area (Å²) >= 11 is 0. The smallest absolute Gasteiger partial charge is 0.317 e. The number of carbonyl (C=O) groups excluding carboxylic acids is 1. The summed E-state index contributed by atoms with van der Waals surface area (Å²) in [5.41, 5.74) is 1.46. The minimum Gasteiger partial charge on any atom is -0.373 e. The molecule has 1 aromatic heterocycles. The van der Waals surface area contributed by atoms with Gasteiger partial charge in [-0.25, -0.2) is 4.79 Å². The molecule has 0 bridgehead atoms. The lowest BCUT2D eigenvalue weighted by molar-refractivity contribution is -0.0238. The van der Waals surface area contributed by atoms with Gasteiger partial charge in [0.15, 0.2) is 0 Å². The molecule has 2 aromatic rings. The summed E-state index contributed by atoms with van der Waals surface area (Å²) in [6.07, 6.45) is 8.49. The van der Waals surface area contributed by atoms with E-state index in [9.17, 15) is 4.79 Å². The van der Waals surface area contributed by atoms with E-state index in [1.807, 2.05) is 21.8 Å². The molecule has 1 aliphatic carbocycles. The Balaban J connectivity index is 1.19. The zero-order valence-electron chi connectivity index (χ0n) is 16.4. The number of morpholine rings is 1. The SMILES string of the molecule is O=C(NCC1CCC(c2ccccc2)CC1)N1CCOC(Cn2cccn2)C1. The van der Waals surface area contributed by atoms with Gasteiger partial charge in [-0.3, -0.25) is 4.68 Å². The molecule has 2 aliphatic rings. The zero-order chi connectivity index (χ0) is 19.2. The number of rotatable bonds is 5. The van der Waals surface area contributed by atoms with Crippen molar-refractivity contribution in [3.63, 3.8) is 0 Å². The van der Waals surface area contributed by atoms with Crippen LogP contribution in [0.3, 0.4) is 0 Å². The van der Waals surface area contributed by atoms with Crippen LogP contribution in [0.5, 0.6) is 0 Å². The molecule has 1 unspecified atom stereocenters. The third kappa shape index (κ3) is 4.93. The van der Waals surface area contributed by atoms with Crippen molar-refractivity contribution in [3.05, 3.63) is 54.4 Å². The van der Waals surface area contributed by atoms with E-state index in [0.717, 1.165) is 6.54 Å². The Morgan fingerprint density at radius 3 is 2.71 bits per heavy atom. The number of amides is 2. The molecule has 6 heteroatoms. The van der Waals surface area contributed by atoms with Gasteiger partial charge >= 0.3 is 6.03 Å². The maximum Gasteiger partial charge on any atom is 0.317 e. The van der Waals surface area contributed by atoms with Gasteiger partial charge in [-0.2, -0.15) is 5.10 Å². The fourth-order valence-corrected chi connectivity index (χ4v) is 4.40. The van der Waals surface area contributed by atoms with Gasteiger partial charge in [0.1, 0.15) is 0 Å². The van der Waals surface area contributed by atoms with Gasteiger partial charge in [0.2, 0.25) is 0 Å². The molecule has 150 valence electrons. The molecule has 1 aromatic carbocycles. The second-order valence-electron chi connectivity index (χ2n) is 7.98. The number of nitrogens with zero attached hydrogens (tertiary/aromatic N) is 3. The summed E-state index contributed by atoms with van der Waals surface area (Å²) in [7, 11) is 0. The van der Waals surface area contributed by atoms with E-state index in [0.29, 0.717) is 38.1 Å². The lowest BCUT2D eigenvalue weighted by atomic mass is 9.79. The highest BCUT2D eigenvalue weighted by Gasteiger charge is 2.26. The highest BCUT2D eigenvalue weighted by molar-refractivity contribution is 5.74. The summed E-state index contributed by atoms with van der Waals surface area (Å²) in [4.78, 5) is 14.5. The highest BCUT2D eigenvalue weighted by atomic mass is 16.5. The van der Waals surface area contributed by atoms with E-state index < -0.39 is 0 Å². The monoisotopic (exact) mass is 382 g/mol. The lowest BCUT2D eigenvalue weighted by Crippen LogP contribution is -2.51. The normalized spacial score (nSPS) is 25.4. The quantitative estimate of drug-likeness (QED) is 0.863. The van der Waals surface area contributed by atoms with Gasteiger partial charge in [-0.1, -0.05) is 30.3 Å². The maximum atomic E-state index is 12.6. The van der Waals surface area contributed by atoms with Gasteiger partial charge in [0.05, 0.1) is 25.8 Å². The number of ether oxygens (including phenoxy) is 1. The summed E-state index contributed by atoms with van der Waals surface area (Å²) in [5.74, 6) is 1.26. The average molecular weight is 383 g/mol. The fourth-order valence-electron chi connectivity index (χ4n) is 4.40. The number of nitrogens with one attached hydrogen (secondary N) is 1. The molecule has 1 aliphatic heterocycles. The van der Waals surface area contributed by atoms with E-state index in [1.165, 1.54) is 31.2 Å². The van der Waals surface area contributed by atoms with Gasteiger partial charge in [0.25, 0.3) is 0 Å². The zero-order valence-corrected chi connectivity index (χ0v) is 16.4. The van der Waals surface area contributed by atoms with E-state index >= 15 is 0 Å². The van der Waals surface area contributed by atoms with E-state index in [1.54, 1.807) is 6.20 Å². The third-order valence-electron chi connectivity index (χ3n) is 6.04. The standard InChI is InChI=1S/C22H30N4O2/c27-22(25-13-14-28-21(16-25)17-26-12-4-11-24-26)23-15-18-7-9-20(10-8-18)19-5-2-1-3-6-19/h1-6,11-12,18,20-21H,7-10,13-17H2,(H,23,27). The first kappa shape index (κ1) is 19.0. The molecule has 0 radical (unpaired) electrons. The van der Waals surface area contributed by atoms with Crippen molar-refractivity contribution in [1.82, 2.24) is 20.0 Å². The van der Waals surface area contributed by atoms with Gasteiger partial charge < -0.3 is 15.0 Å². The topological polar surface area (TPSA) is 59.4 Å². The van der Waals surface area contributed by atoms with Gasteiger partial charge in [0, 0.05) is 25.5 Å². The molecule has 4 rings (SSSR count). The molecule has 1 N–H and O–H groups in total. The van der Waals surface area contributed by atoms with Crippen molar-refractivity contribution in [1.29, 1.82) is 0 Å². The first-order valence-corrected chi connectivity index (χ1v) is 10.4. The second-order valence-corrected chi connectivity index (χ2v) is 7.98. The molecule has 1 saturated carbocycles. The van der Waals surface area contributed by atoms with Crippen LogP contribution >= 0.6 is 0 Å². The molecular formula is C22H30N4O2. The Morgan fingerprint density at radius 1 is 1.14 bits per heavy atom. The van der Waals surface area contributed by atoms with Crippen molar-refractivity contribution < 1.29 is 9.53 Å². The Kier molecular flexibility index (Phi) is 6.27. The number of urea groups is 1. The number of carbonyl (C=O) groups is 1. The largest absolute Gasteiger partial charge is 0.373 e. The number of aromatic nitrogens is 2. The highest BCUT2D eigenvalue weighted by Crippen LogP contribution is 2.35. The molecule has 0 spiro atoms. The maximum absolute atomic E-state index is 12.6. The number of hydrogen-bond donors (Lipinski definition) is 1. The minimum absolute atomic E-state index is 0.000658. The van der Waals surface area contributed by atoms with Crippen molar-refractivity contribution >= 4 is 6.03 Å². The summed E-state index contributed by atoms with van der Waals surface area (Å²) in [5, 5.41) is 7.39. The molecule has 28 heavy (non-hydrogen) atoms. The Hall–Kier alpha value is -2.34. The Morgan fingerprint density at radius 2 is 1.96 bits per heavy atom. The van der Waals surface area contributed by atoms with Gasteiger partial charge in [-0.05, 0) is 49.1 Å². The van der Waals surface area contributed by atoms with Crippen LogP contribution in [-0.2, 0) is 11.3 Å². The molecule has 1 saturated heterocycles. The molecule has 2 heterocycles. The second kappa shape index (κ2) is 9.24. The summed E-state index contributed by atoms with van der Waals surface area (Å²) in [6.45, 7) is 3.32. The van der Waals surface area contributed by atoms with Crippen LogP contribution in [0.1, 0.15) is 37.2 Å². The minimum atomic E-state index is 0.000658. The first-order valence-electron chi connectivity index (χ1n) is 10.4. The van der Waals surface area contributed by atoms with Crippen molar-refractivity contribution in [2.24, 2.45) is 5.92 Å². The fraction of sp³-hybridized carbons (Fsp3) is 0.545. The Labute approximate surface area is 166 Å². The van der Waals surface area contributed by atoms with Crippen molar-refractivity contribution in [2.75, 3.05) is 26.2 Å². The number of hydrogen-bond acceptors (Lipinski definition) is 3. The van der Waals surface area contributed by atoms with E-state index in [2.05, 4.69) is 40.7 Å². The van der Waals surface area contributed by atoms with Crippen LogP contribution in [0.4, 0.5) is 4.79 Å². The molecule has 1 atom stereocenters. The summed E-state index contributed by atoms with van der Waals surface area (Å²) in [6, 6.07) is 12.8. The molecule has 2 fully saturated rings. The molecular weight excluding hydrogens is 352 g/mol. The molecule has 6 nitrogen and oxygen atoms in total. The van der Waals surface area contributed by atoms with E-state index in [-0.39, 0.29) is 12.1 Å². The van der Waals surface area contributed by atoms with Crippen LogP contribution in [-0.4, -0.2) is 53.1 Å². The first-order chi connectivity index (χ1) is 13.8. The van der Waals surface area contributed by atoms with Crippen molar-refractivity contribution in [3.8, 4) is 0 Å². The van der Waals surface area contributed by atoms with E-state index in [4.69, 9.17) is 4.74 Å². The van der Waals surface area contributed by atoms with Crippen LogP contribution < -0.4 is 5.32 Å². The summed E-state index contributed by atoms with van der Waals surface area (Å²) < 4.78 is 7.66. The van der Waals surface area contributed by atoms with Crippen LogP contribution in [0.25, 0.3) is 0 Å². The van der Waals surface area contributed by atoms with Crippen LogP contribution in [0.15, 0.2) is 48.8 Å². The third-order valence-corrected chi connectivity index (χ3v) is 6.04. The number of benzene rings is 1. The van der Waals surface area contributed by atoms with Crippen molar-refractivity contribution in [2.45, 2.75) is 44.2 Å². The van der Waals surface area contributed by atoms with Gasteiger partial charge in [-0.15, -0.1) is 0 Å². The lowest BCUT2D eigenvalue weighted by Gasteiger charge is -2.34. The average Bonchev–Trinajstić information content (AvgIpc) is 3.26. The molecule has 2 amide bonds. The van der Waals surface area contributed by atoms with Crippen LogP contribution in [0, 0.1) is 5.92 Å². The predicted molar refractivity (Wildman–Crippen MR) is 108 cm³/mol. The van der Waals surface area contributed by atoms with Crippen LogP contribution in [0.2, 0.25) is 0 Å². The Bertz CT molecular complexity index is 726. The predicted octanol–water partition coefficient (Wildman–Crippen LogP) is 3.27.